The van der Waals surface area contributed by atoms with E-state index in [4.69, 9.17) is 9.56 Å². The first-order valence-corrected chi connectivity index (χ1v) is 9.28. The summed E-state index contributed by atoms with van der Waals surface area (Å²) in [5.41, 5.74) is 2.65. The predicted octanol–water partition coefficient (Wildman–Crippen LogP) is 3.16. The largest absolute Gasteiger partial charge is 0.440 e. The molecule has 3 rings (SSSR count). The Morgan fingerprint density at radius 1 is 0.960 bits per heavy atom. The maximum absolute atomic E-state index is 10.8. The van der Waals surface area contributed by atoms with Gasteiger partial charge in [-0.2, -0.15) is 8.42 Å². The van der Waals surface area contributed by atoms with Crippen LogP contribution in [0.1, 0.15) is 12.3 Å². The van der Waals surface area contributed by atoms with E-state index in [9.17, 15) is 8.42 Å². The minimum atomic E-state index is -3.92. The standard InChI is InChI=1S/C18H18N2O4S/c19-25(21,22)23-13-7-12-16-20-17(14-8-3-1-4-9-14)18(24-16)15-10-5-2-6-11-15/h1-6,8-11H,7,12-13H2,(H2,19,21,22). The van der Waals surface area contributed by atoms with Crippen molar-refractivity contribution in [2.24, 2.45) is 5.14 Å². The molecule has 1 aromatic heterocycles. The van der Waals surface area contributed by atoms with Crippen molar-refractivity contribution in [1.82, 2.24) is 4.98 Å². The fourth-order valence-electron chi connectivity index (χ4n) is 2.45. The molecular formula is C18H18N2O4S. The Labute approximate surface area is 146 Å². The van der Waals surface area contributed by atoms with Crippen LogP contribution < -0.4 is 5.14 Å². The number of hydrogen-bond donors (Lipinski definition) is 1. The highest BCUT2D eigenvalue weighted by molar-refractivity contribution is 7.84. The number of hydrogen-bond acceptors (Lipinski definition) is 5. The first-order chi connectivity index (χ1) is 12.0. The molecule has 0 aliphatic heterocycles. The van der Waals surface area contributed by atoms with Crippen LogP contribution in [0.4, 0.5) is 0 Å². The molecule has 0 amide bonds. The third-order valence-corrected chi connectivity index (χ3v) is 4.03. The molecule has 0 saturated carbocycles. The van der Waals surface area contributed by atoms with Crippen molar-refractivity contribution in [2.75, 3.05) is 6.61 Å². The average Bonchev–Trinajstić information content (AvgIpc) is 3.04. The highest BCUT2D eigenvalue weighted by Gasteiger charge is 2.16. The molecule has 25 heavy (non-hydrogen) atoms. The molecule has 3 aromatic rings. The molecule has 130 valence electrons. The summed E-state index contributed by atoms with van der Waals surface area (Å²) < 4.78 is 32.1. The molecule has 0 unspecified atom stereocenters. The van der Waals surface area contributed by atoms with Crippen LogP contribution in [0.15, 0.2) is 65.1 Å². The Kier molecular flexibility index (Phi) is 5.28. The third-order valence-electron chi connectivity index (χ3n) is 3.54. The Hall–Kier alpha value is -2.48. The number of nitrogens with zero attached hydrogens (tertiary/aromatic N) is 1. The SMILES string of the molecule is NS(=O)(=O)OCCCc1nc(-c2ccccc2)c(-c2ccccc2)o1. The molecule has 1 heterocycles. The molecule has 0 aliphatic rings. The van der Waals surface area contributed by atoms with Crippen molar-refractivity contribution >= 4 is 10.3 Å². The fourth-order valence-corrected chi connectivity index (χ4v) is 2.80. The molecular weight excluding hydrogens is 340 g/mol. The van der Waals surface area contributed by atoms with Gasteiger partial charge in [0.1, 0.15) is 5.69 Å². The van der Waals surface area contributed by atoms with Gasteiger partial charge in [-0.1, -0.05) is 60.7 Å². The average molecular weight is 358 g/mol. The van der Waals surface area contributed by atoms with E-state index in [1.54, 1.807) is 0 Å². The maximum atomic E-state index is 10.8. The monoisotopic (exact) mass is 358 g/mol. The molecule has 0 atom stereocenters. The van der Waals surface area contributed by atoms with E-state index in [0.29, 0.717) is 24.5 Å². The molecule has 0 saturated heterocycles. The first-order valence-electron chi connectivity index (χ1n) is 7.80. The van der Waals surface area contributed by atoms with Crippen molar-refractivity contribution in [3.8, 4) is 22.6 Å². The van der Waals surface area contributed by atoms with Gasteiger partial charge >= 0.3 is 10.3 Å². The van der Waals surface area contributed by atoms with Crippen LogP contribution in [0.3, 0.4) is 0 Å². The number of rotatable bonds is 7. The van der Waals surface area contributed by atoms with Gasteiger partial charge in [0.2, 0.25) is 0 Å². The maximum Gasteiger partial charge on any atom is 0.333 e. The molecule has 7 heteroatoms. The Bertz CT molecular complexity index is 865. The van der Waals surface area contributed by atoms with E-state index < -0.39 is 10.3 Å². The summed E-state index contributed by atoms with van der Waals surface area (Å²) in [5, 5.41) is 4.81. The smallest absolute Gasteiger partial charge is 0.333 e. The fraction of sp³-hybridized carbons (Fsp3) is 0.167. The molecule has 2 aromatic carbocycles. The second-order valence-electron chi connectivity index (χ2n) is 5.44. The highest BCUT2D eigenvalue weighted by Crippen LogP contribution is 2.32. The summed E-state index contributed by atoms with van der Waals surface area (Å²) in [6.07, 6.45) is 0.877. The summed E-state index contributed by atoms with van der Waals surface area (Å²) in [6.45, 7) is -0.0114. The highest BCUT2D eigenvalue weighted by atomic mass is 32.2. The zero-order chi connectivity index (χ0) is 17.7. The Balaban J connectivity index is 1.85. The zero-order valence-corrected chi connectivity index (χ0v) is 14.3. The molecule has 2 N–H and O–H groups in total. The number of aryl methyl sites for hydroxylation is 1. The van der Waals surface area contributed by atoms with E-state index in [0.717, 1.165) is 16.8 Å². The van der Waals surface area contributed by atoms with Gasteiger partial charge in [-0.05, 0) is 6.42 Å². The van der Waals surface area contributed by atoms with Crippen molar-refractivity contribution in [1.29, 1.82) is 0 Å². The Morgan fingerprint density at radius 2 is 1.56 bits per heavy atom. The lowest BCUT2D eigenvalue weighted by atomic mass is 10.1. The topological polar surface area (TPSA) is 95.4 Å². The van der Waals surface area contributed by atoms with Gasteiger partial charge in [-0.15, -0.1) is 0 Å². The number of benzene rings is 2. The molecule has 6 nitrogen and oxygen atoms in total. The summed E-state index contributed by atoms with van der Waals surface area (Å²) in [7, 11) is -3.92. The molecule has 0 spiro atoms. The van der Waals surface area contributed by atoms with E-state index >= 15 is 0 Å². The summed E-state index contributed by atoms with van der Waals surface area (Å²) in [6, 6.07) is 19.5. The molecule has 0 radical (unpaired) electrons. The second-order valence-corrected chi connectivity index (χ2v) is 6.66. The van der Waals surface area contributed by atoms with E-state index in [2.05, 4.69) is 9.17 Å². The van der Waals surface area contributed by atoms with Crippen LogP contribution in [-0.4, -0.2) is 20.0 Å². The van der Waals surface area contributed by atoms with Gasteiger partial charge < -0.3 is 4.42 Å². The van der Waals surface area contributed by atoms with Crippen molar-refractivity contribution in [3.05, 3.63) is 66.6 Å². The van der Waals surface area contributed by atoms with Crippen LogP contribution in [-0.2, 0) is 20.9 Å². The molecule has 0 bridgehead atoms. The van der Waals surface area contributed by atoms with Gasteiger partial charge in [-0.3, -0.25) is 4.18 Å². The predicted molar refractivity (Wildman–Crippen MR) is 94.8 cm³/mol. The van der Waals surface area contributed by atoms with Gasteiger partial charge in [0.25, 0.3) is 0 Å². The zero-order valence-electron chi connectivity index (χ0n) is 13.5. The molecule has 0 fully saturated rings. The molecule has 0 aliphatic carbocycles. The number of aromatic nitrogens is 1. The van der Waals surface area contributed by atoms with Crippen LogP contribution >= 0.6 is 0 Å². The van der Waals surface area contributed by atoms with E-state index in [-0.39, 0.29) is 6.61 Å². The second kappa shape index (κ2) is 7.60. The van der Waals surface area contributed by atoms with Crippen LogP contribution in [0, 0.1) is 0 Å². The normalized spacial score (nSPS) is 11.6. The van der Waals surface area contributed by atoms with Crippen LogP contribution in [0.2, 0.25) is 0 Å². The van der Waals surface area contributed by atoms with Gasteiger partial charge in [0.15, 0.2) is 11.7 Å². The van der Waals surface area contributed by atoms with Crippen LogP contribution in [0.5, 0.6) is 0 Å². The first kappa shape index (κ1) is 17.3. The van der Waals surface area contributed by atoms with Crippen LogP contribution in [0.25, 0.3) is 22.6 Å². The van der Waals surface area contributed by atoms with Crippen molar-refractivity contribution in [2.45, 2.75) is 12.8 Å². The summed E-state index contributed by atoms with van der Waals surface area (Å²) in [4.78, 5) is 4.59. The number of oxazole rings is 1. The summed E-state index contributed by atoms with van der Waals surface area (Å²) >= 11 is 0. The van der Waals surface area contributed by atoms with E-state index in [1.165, 1.54) is 0 Å². The Morgan fingerprint density at radius 3 is 2.16 bits per heavy atom. The minimum Gasteiger partial charge on any atom is -0.440 e. The van der Waals surface area contributed by atoms with E-state index in [1.807, 2.05) is 60.7 Å². The van der Waals surface area contributed by atoms with Gasteiger partial charge in [-0.25, -0.2) is 10.1 Å². The summed E-state index contributed by atoms with van der Waals surface area (Å²) in [5.74, 6) is 1.21. The third kappa shape index (κ3) is 4.76. The minimum absolute atomic E-state index is 0.0114. The quantitative estimate of drug-likeness (QED) is 0.655. The van der Waals surface area contributed by atoms with Crippen molar-refractivity contribution in [3.63, 3.8) is 0 Å². The van der Waals surface area contributed by atoms with Gasteiger partial charge in [0, 0.05) is 17.5 Å². The lowest BCUT2D eigenvalue weighted by Gasteiger charge is -2.00. The lowest BCUT2D eigenvalue weighted by molar-refractivity contribution is 0.307. The van der Waals surface area contributed by atoms with Gasteiger partial charge in [0.05, 0.1) is 6.61 Å². The lowest BCUT2D eigenvalue weighted by Crippen LogP contribution is -2.16. The number of nitrogens with two attached hydrogens (primary N) is 1. The van der Waals surface area contributed by atoms with Crippen molar-refractivity contribution < 1.29 is 17.0 Å².